The second kappa shape index (κ2) is 7.83. The van der Waals surface area contributed by atoms with E-state index in [0.717, 1.165) is 11.3 Å². The molecule has 0 atom stereocenters. The van der Waals surface area contributed by atoms with E-state index in [1.54, 1.807) is 12.1 Å². The number of thioether (sulfide) groups is 1. The van der Waals surface area contributed by atoms with Crippen LogP contribution in [0.1, 0.15) is 22.4 Å². The number of aromatic nitrogens is 1. The molecule has 7 heteroatoms. The molecule has 0 aliphatic rings. The highest BCUT2D eigenvalue weighted by atomic mass is 35.5. The van der Waals surface area contributed by atoms with Gasteiger partial charge in [0.2, 0.25) is 5.91 Å². The number of rotatable bonds is 4. The molecule has 1 N–H and O–H groups in total. The van der Waals surface area contributed by atoms with Crippen LogP contribution >= 0.6 is 23.4 Å². The summed E-state index contributed by atoms with van der Waals surface area (Å²) in [6.07, 6.45) is 0. The number of nitrogens with one attached hydrogen (secondary N) is 1. The molecule has 1 amide bonds. The molecule has 0 unspecified atom stereocenters. The van der Waals surface area contributed by atoms with Crippen molar-refractivity contribution in [2.45, 2.75) is 18.9 Å². The van der Waals surface area contributed by atoms with Gasteiger partial charge in [0.1, 0.15) is 17.2 Å². The van der Waals surface area contributed by atoms with Crippen LogP contribution in [-0.2, 0) is 4.79 Å². The lowest BCUT2D eigenvalue weighted by atomic mass is 10.1. The second-order valence-electron chi connectivity index (χ2n) is 5.02. The molecule has 0 aliphatic carbocycles. The summed E-state index contributed by atoms with van der Waals surface area (Å²) in [6, 6.07) is 10.6. The fourth-order valence-electron chi connectivity index (χ4n) is 2.06. The average molecular weight is 357 g/mol. The Bertz CT molecular complexity index is 883. The average Bonchev–Trinajstić information content (AvgIpc) is 2.52. The maximum absolute atomic E-state index is 12.1. The van der Waals surface area contributed by atoms with Crippen LogP contribution in [0, 0.1) is 36.5 Å². The lowest BCUT2D eigenvalue weighted by Crippen LogP contribution is -2.14. The number of carbonyl (C=O) groups excluding carboxylic acids is 1. The van der Waals surface area contributed by atoms with Crippen LogP contribution in [0.25, 0.3) is 0 Å². The minimum atomic E-state index is -0.245. The zero-order chi connectivity index (χ0) is 17.7. The molecule has 0 fully saturated rings. The number of carbonyl (C=O) groups is 1. The second-order valence-corrected chi connectivity index (χ2v) is 6.39. The standard InChI is InChI=1S/C17H13ClN4OS/c1-10-5-11(2)21-17(14(10)8-20)24-9-16(23)22-13-4-3-12(7-19)15(18)6-13/h3-6H,9H2,1-2H3,(H,22,23). The lowest BCUT2D eigenvalue weighted by molar-refractivity contribution is -0.113. The van der Waals surface area contributed by atoms with Gasteiger partial charge in [-0.25, -0.2) is 4.98 Å². The summed E-state index contributed by atoms with van der Waals surface area (Å²) in [6.45, 7) is 3.69. The maximum atomic E-state index is 12.1. The van der Waals surface area contributed by atoms with Gasteiger partial charge in [-0.05, 0) is 43.7 Å². The van der Waals surface area contributed by atoms with Gasteiger partial charge in [0.25, 0.3) is 0 Å². The SMILES string of the molecule is Cc1cc(C)c(C#N)c(SCC(=O)Nc2ccc(C#N)c(Cl)c2)n1. The molecule has 0 spiro atoms. The largest absolute Gasteiger partial charge is 0.325 e. The highest BCUT2D eigenvalue weighted by Gasteiger charge is 2.12. The number of hydrogen-bond donors (Lipinski definition) is 1. The van der Waals surface area contributed by atoms with Gasteiger partial charge < -0.3 is 5.32 Å². The Kier molecular flexibility index (Phi) is 5.81. The van der Waals surface area contributed by atoms with Crippen molar-refractivity contribution in [2.75, 3.05) is 11.1 Å². The monoisotopic (exact) mass is 356 g/mol. The maximum Gasteiger partial charge on any atom is 0.234 e. The first kappa shape index (κ1) is 17.8. The Balaban J connectivity index is 2.06. The number of halogens is 1. The zero-order valence-corrected chi connectivity index (χ0v) is 14.6. The first-order valence-electron chi connectivity index (χ1n) is 6.95. The van der Waals surface area contributed by atoms with Crippen LogP contribution in [0.15, 0.2) is 29.3 Å². The van der Waals surface area contributed by atoms with E-state index in [4.69, 9.17) is 16.9 Å². The van der Waals surface area contributed by atoms with Crippen LogP contribution in [0.4, 0.5) is 5.69 Å². The van der Waals surface area contributed by atoms with Gasteiger partial charge in [-0.2, -0.15) is 10.5 Å². The van der Waals surface area contributed by atoms with Gasteiger partial charge in [0, 0.05) is 11.4 Å². The van der Waals surface area contributed by atoms with Crippen LogP contribution in [0.5, 0.6) is 0 Å². The van der Waals surface area contributed by atoms with Crippen molar-refractivity contribution in [2.24, 2.45) is 0 Å². The summed E-state index contributed by atoms with van der Waals surface area (Å²) in [7, 11) is 0. The topological polar surface area (TPSA) is 89.6 Å². The Morgan fingerprint density at radius 3 is 2.67 bits per heavy atom. The van der Waals surface area contributed by atoms with Crippen LogP contribution in [0.2, 0.25) is 5.02 Å². The van der Waals surface area contributed by atoms with Gasteiger partial charge in [-0.1, -0.05) is 23.4 Å². The number of anilines is 1. The molecule has 120 valence electrons. The van der Waals surface area contributed by atoms with Gasteiger partial charge in [0.15, 0.2) is 0 Å². The number of benzene rings is 1. The molecule has 1 aromatic heterocycles. The number of amides is 1. The molecule has 1 heterocycles. The predicted molar refractivity (Wildman–Crippen MR) is 93.9 cm³/mol. The molecule has 2 rings (SSSR count). The third kappa shape index (κ3) is 4.26. The molecule has 0 radical (unpaired) electrons. The highest BCUT2D eigenvalue weighted by Crippen LogP contribution is 2.24. The van der Waals surface area contributed by atoms with E-state index in [1.165, 1.54) is 17.8 Å². The van der Waals surface area contributed by atoms with Crippen molar-refractivity contribution in [3.8, 4) is 12.1 Å². The third-order valence-electron chi connectivity index (χ3n) is 3.14. The summed E-state index contributed by atoms with van der Waals surface area (Å²) >= 11 is 7.14. The van der Waals surface area contributed by atoms with E-state index in [0.29, 0.717) is 21.8 Å². The van der Waals surface area contributed by atoms with E-state index in [9.17, 15) is 10.1 Å². The molecule has 5 nitrogen and oxygen atoms in total. The number of pyridine rings is 1. The summed E-state index contributed by atoms with van der Waals surface area (Å²) in [5.74, 6) is -0.132. The smallest absolute Gasteiger partial charge is 0.234 e. The van der Waals surface area contributed by atoms with Crippen molar-refractivity contribution >= 4 is 35.0 Å². The van der Waals surface area contributed by atoms with E-state index in [1.807, 2.05) is 26.0 Å². The van der Waals surface area contributed by atoms with E-state index in [2.05, 4.69) is 16.4 Å². The van der Waals surface area contributed by atoms with Gasteiger partial charge in [0.05, 0.1) is 21.9 Å². The molecule has 0 aliphatic heterocycles. The quantitative estimate of drug-likeness (QED) is 0.841. The fourth-order valence-corrected chi connectivity index (χ4v) is 3.18. The summed E-state index contributed by atoms with van der Waals surface area (Å²) in [4.78, 5) is 16.4. The molecule has 0 bridgehead atoms. The van der Waals surface area contributed by atoms with Crippen LogP contribution in [-0.4, -0.2) is 16.6 Å². The van der Waals surface area contributed by atoms with E-state index < -0.39 is 0 Å². The first-order valence-corrected chi connectivity index (χ1v) is 8.31. The van der Waals surface area contributed by atoms with Gasteiger partial charge in [-0.3, -0.25) is 4.79 Å². The minimum Gasteiger partial charge on any atom is -0.325 e. The third-order valence-corrected chi connectivity index (χ3v) is 4.42. The molecular formula is C17H13ClN4OS. The molecule has 0 saturated carbocycles. The number of nitriles is 2. The van der Waals surface area contributed by atoms with Gasteiger partial charge in [-0.15, -0.1) is 0 Å². The Labute approximate surface area is 149 Å². The Morgan fingerprint density at radius 1 is 1.29 bits per heavy atom. The summed E-state index contributed by atoms with van der Waals surface area (Å²) < 4.78 is 0. The van der Waals surface area contributed by atoms with Gasteiger partial charge >= 0.3 is 0 Å². The number of nitrogens with zero attached hydrogens (tertiary/aromatic N) is 3. The Hall–Kier alpha value is -2.54. The zero-order valence-electron chi connectivity index (χ0n) is 13.1. The van der Waals surface area contributed by atoms with Crippen molar-refractivity contribution in [1.82, 2.24) is 4.98 Å². The normalized spacial score (nSPS) is 9.88. The molecule has 2 aromatic rings. The predicted octanol–water partition coefficient (Wildman–Crippen LogP) is 3.83. The number of hydrogen-bond acceptors (Lipinski definition) is 5. The van der Waals surface area contributed by atoms with Crippen LogP contribution < -0.4 is 5.32 Å². The summed E-state index contributed by atoms with van der Waals surface area (Å²) in [5.41, 5.74) is 2.99. The lowest BCUT2D eigenvalue weighted by Gasteiger charge is -2.08. The summed E-state index contributed by atoms with van der Waals surface area (Å²) in [5, 5.41) is 21.6. The van der Waals surface area contributed by atoms with Crippen molar-refractivity contribution in [1.29, 1.82) is 10.5 Å². The first-order chi connectivity index (χ1) is 11.4. The van der Waals surface area contributed by atoms with E-state index in [-0.39, 0.29) is 16.7 Å². The van der Waals surface area contributed by atoms with Crippen molar-refractivity contribution in [3.63, 3.8) is 0 Å². The van der Waals surface area contributed by atoms with Crippen molar-refractivity contribution in [3.05, 3.63) is 51.7 Å². The minimum absolute atomic E-state index is 0.113. The van der Waals surface area contributed by atoms with E-state index >= 15 is 0 Å². The molecule has 0 saturated heterocycles. The van der Waals surface area contributed by atoms with Crippen molar-refractivity contribution < 1.29 is 4.79 Å². The number of aryl methyl sites for hydroxylation is 2. The van der Waals surface area contributed by atoms with Crippen LogP contribution in [0.3, 0.4) is 0 Å². The molecule has 1 aromatic carbocycles. The molecule has 24 heavy (non-hydrogen) atoms. The highest BCUT2D eigenvalue weighted by molar-refractivity contribution is 8.00. The molecular weight excluding hydrogens is 344 g/mol. The Morgan fingerprint density at radius 2 is 2.04 bits per heavy atom. The fraction of sp³-hybridized carbons (Fsp3) is 0.176.